The summed E-state index contributed by atoms with van der Waals surface area (Å²) in [5.41, 5.74) is 9.45. The minimum atomic E-state index is -0.435. The average Bonchev–Trinajstić information content (AvgIpc) is 3.69. The highest BCUT2D eigenvalue weighted by atomic mass is 16.8. The number of nitrogens with one attached hydrogen (secondary N) is 1. The topological polar surface area (TPSA) is 87.7 Å². The normalized spacial score (nSPS) is 14.2. The molecule has 0 unspecified atom stereocenters. The van der Waals surface area contributed by atoms with Crippen molar-refractivity contribution in [3.8, 4) is 23.0 Å². The Balaban J connectivity index is 1.23. The summed E-state index contributed by atoms with van der Waals surface area (Å²) in [5.74, 6) is 1.80. The molecule has 0 aliphatic carbocycles. The van der Waals surface area contributed by atoms with Gasteiger partial charge in [-0.25, -0.2) is 15.3 Å². The van der Waals surface area contributed by atoms with Gasteiger partial charge < -0.3 is 23.7 Å². The third kappa shape index (κ3) is 5.73. The molecule has 9 heteroatoms. The van der Waals surface area contributed by atoms with E-state index in [1.165, 1.54) is 16.3 Å². The number of rotatable bonds is 11. The van der Waals surface area contributed by atoms with E-state index in [1.54, 1.807) is 28.4 Å². The van der Waals surface area contributed by atoms with Crippen molar-refractivity contribution in [3.63, 3.8) is 0 Å². The zero-order chi connectivity index (χ0) is 33.2. The summed E-state index contributed by atoms with van der Waals surface area (Å²) in [5, 5.41) is 4.29. The highest BCUT2D eigenvalue weighted by Crippen LogP contribution is 2.45. The van der Waals surface area contributed by atoms with Crippen molar-refractivity contribution < 1.29 is 33.4 Å². The third-order valence-corrected chi connectivity index (χ3v) is 8.72. The quantitative estimate of drug-likeness (QED) is 0.149. The number of anilines is 2. The Hall–Kier alpha value is -5.67. The molecule has 0 fully saturated rings. The molecule has 0 bridgehead atoms. The monoisotopic (exact) mass is 643 g/mol. The number of carbonyl (C=O) groups excluding carboxylic acids is 1. The lowest BCUT2D eigenvalue weighted by Gasteiger charge is -2.17. The van der Waals surface area contributed by atoms with Gasteiger partial charge in [0, 0.05) is 11.1 Å². The average molecular weight is 644 g/mol. The van der Waals surface area contributed by atoms with Crippen LogP contribution < -0.4 is 29.5 Å². The van der Waals surface area contributed by atoms with Crippen LogP contribution in [0.5, 0.6) is 23.0 Å². The highest BCUT2D eigenvalue weighted by Gasteiger charge is 2.38. The number of ether oxygens (including phenoxy) is 5. The van der Waals surface area contributed by atoms with Gasteiger partial charge in [-0.15, -0.1) is 0 Å². The van der Waals surface area contributed by atoms with Crippen LogP contribution in [0.2, 0.25) is 0 Å². The Kier molecular flexibility index (Phi) is 8.52. The molecule has 0 saturated carbocycles. The number of carbonyl (C=O) groups is 1. The smallest absolute Gasteiger partial charge is 0.340 e. The molecule has 0 saturated heterocycles. The van der Waals surface area contributed by atoms with Gasteiger partial charge in [-0.05, 0) is 76.7 Å². The second-order valence-corrected chi connectivity index (χ2v) is 11.4. The van der Waals surface area contributed by atoms with Crippen molar-refractivity contribution in [1.82, 2.24) is 0 Å². The number of hydrogen-bond donors (Lipinski definition) is 1. The van der Waals surface area contributed by atoms with Crippen molar-refractivity contribution >= 4 is 33.7 Å². The second-order valence-electron chi connectivity index (χ2n) is 11.4. The molecule has 2 aliphatic rings. The maximum absolute atomic E-state index is 13.7. The van der Waals surface area contributed by atoms with Crippen LogP contribution in [-0.4, -0.2) is 41.0 Å². The van der Waals surface area contributed by atoms with Crippen molar-refractivity contribution in [2.24, 2.45) is 0 Å². The van der Waals surface area contributed by atoms with E-state index in [0.29, 0.717) is 53.2 Å². The molecule has 7 rings (SSSR count). The van der Waals surface area contributed by atoms with Crippen LogP contribution in [0.3, 0.4) is 0 Å². The van der Waals surface area contributed by atoms with Crippen molar-refractivity contribution in [2.75, 3.05) is 45.5 Å². The van der Waals surface area contributed by atoms with Crippen LogP contribution in [0.1, 0.15) is 22.3 Å². The number of nitrogens with zero attached hydrogens (tertiary/aromatic N) is 1. The Bertz CT molecular complexity index is 1990. The first-order chi connectivity index (χ1) is 23.5. The van der Waals surface area contributed by atoms with E-state index in [4.69, 9.17) is 28.6 Å². The zero-order valence-electron chi connectivity index (χ0n) is 27.2. The molecular weight excluding hydrogens is 608 g/mol. The first-order valence-electron chi connectivity index (χ1n) is 15.6. The van der Waals surface area contributed by atoms with Crippen molar-refractivity contribution in [1.29, 1.82) is 0 Å². The van der Waals surface area contributed by atoms with Crippen molar-refractivity contribution in [3.05, 3.63) is 131 Å². The zero-order valence-corrected chi connectivity index (χ0v) is 27.2. The molecule has 0 amide bonds. The lowest BCUT2D eigenvalue weighted by molar-refractivity contribution is -0.133. The summed E-state index contributed by atoms with van der Waals surface area (Å²) >= 11 is 0. The summed E-state index contributed by atoms with van der Waals surface area (Å²) in [6, 6.07) is 31.8. The van der Waals surface area contributed by atoms with E-state index < -0.39 is 5.97 Å². The van der Waals surface area contributed by atoms with Crippen LogP contribution in [0.15, 0.2) is 103 Å². The van der Waals surface area contributed by atoms with Gasteiger partial charge in [0.05, 0.1) is 51.9 Å². The molecule has 0 spiro atoms. The van der Waals surface area contributed by atoms with Crippen LogP contribution >= 0.6 is 0 Å². The van der Waals surface area contributed by atoms with Gasteiger partial charge >= 0.3 is 5.97 Å². The molecule has 0 atom stereocenters. The van der Waals surface area contributed by atoms with E-state index in [1.807, 2.05) is 59.7 Å². The Labute approximate surface area is 279 Å². The number of benzene rings is 5. The summed E-state index contributed by atoms with van der Waals surface area (Å²) < 4.78 is 28.1. The first-order valence-corrected chi connectivity index (χ1v) is 15.6. The number of cyclic esters (lactones) is 1. The minimum absolute atomic E-state index is 0.358. The maximum Gasteiger partial charge on any atom is 0.340 e. The lowest BCUT2D eigenvalue weighted by Crippen LogP contribution is -2.23. The molecule has 1 N–H and O–H groups in total. The fourth-order valence-corrected chi connectivity index (χ4v) is 6.36. The maximum atomic E-state index is 13.7. The van der Waals surface area contributed by atoms with E-state index in [2.05, 4.69) is 47.9 Å². The molecule has 2 heterocycles. The van der Waals surface area contributed by atoms with E-state index >= 15 is 0 Å². The highest BCUT2D eigenvalue weighted by molar-refractivity contribution is 6.21. The molecule has 2 aliphatic heterocycles. The van der Waals surface area contributed by atoms with Crippen LogP contribution in [-0.2, 0) is 27.3 Å². The summed E-state index contributed by atoms with van der Waals surface area (Å²) in [6.07, 6.45) is 1.63. The molecular formula is C39H35N2O7. The summed E-state index contributed by atoms with van der Waals surface area (Å²) in [6.45, 7) is 0.639. The standard InChI is InChI=1S/C39H35N2O7/c1-43-29-15-12-27(13-16-29)37-31(20-24-21-34(44-2)38(46-4)35(22-24)45-3)36(39(42)47-37)28-14-17-33-32(23-28)40-48-41(33)19-18-26-10-7-9-25-8-5-6-11-30(25)26/h5-17,21-23,40H,18-20H2,1-4H3. The molecule has 243 valence electrons. The SMILES string of the molecule is COc1ccc([C]2OC(=O)C(c3ccc4c(c3)NON4CCc3cccc4ccccc34)=C2Cc2cc(OC)c(OC)c(OC)c2)cc1. The van der Waals surface area contributed by atoms with Crippen LogP contribution in [0.25, 0.3) is 16.3 Å². The predicted octanol–water partition coefficient (Wildman–Crippen LogP) is 7.33. The van der Waals surface area contributed by atoms with E-state index in [0.717, 1.165) is 34.5 Å². The first kappa shape index (κ1) is 31.0. The van der Waals surface area contributed by atoms with Gasteiger partial charge in [0.2, 0.25) is 11.9 Å². The Morgan fingerprint density at radius 2 is 1.48 bits per heavy atom. The molecule has 5 aromatic carbocycles. The lowest BCUT2D eigenvalue weighted by atomic mass is 9.90. The van der Waals surface area contributed by atoms with Crippen LogP contribution in [0.4, 0.5) is 11.4 Å². The number of hydroxylamine groups is 1. The summed E-state index contributed by atoms with van der Waals surface area (Å²) in [4.78, 5) is 19.6. The van der Waals surface area contributed by atoms with Gasteiger partial charge in [-0.3, -0.25) is 0 Å². The summed E-state index contributed by atoms with van der Waals surface area (Å²) in [7, 11) is 6.33. The van der Waals surface area contributed by atoms with Crippen molar-refractivity contribution in [2.45, 2.75) is 12.8 Å². The number of fused-ring (bicyclic) bond motifs is 2. The van der Waals surface area contributed by atoms with E-state index in [-0.39, 0.29) is 0 Å². The largest absolute Gasteiger partial charge is 0.497 e. The van der Waals surface area contributed by atoms with Gasteiger partial charge in [0.25, 0.3) is 0 Å². The molecule has 9 nitrogen and oxygen atoms in total. The molecule has 5 aromatic rings. The molecule has 1 radical (unpaired) electrons. The number of hydrogen-bond acceptors (Lipinski definition) is 9. The minimum Gasteiger partial charge on any atom is -0.497 e. The van der Waals surface area contributed by atoms with E-state index in [9.17, 15) is 4.79 Å². The number of esters is 1. The molecule has 48 heavy (non-hydrogen) atoms. The van der Waals surface area contributed by atoms with Gasteiger partial charge in [-0.2, -0.15) is 4.94 Å². The van der Waals surface area contributed by atoms with Crippen LogP contribution in [0, 0.1) is 6.10 Å². The Morgan fingerprint density at radius 3 is 2.21 bits per heavy atom. The molecule has 0 aromatic heterocycles. The third-order valence-electron chi connectivity index (χ3n) is 8.72. The fourth-order valence-electron chi connectivity index (χ4n) is 6.36. The van der Waals surface area contributed by atoms with Gasteiger partial charge in [0.1, 0.15) is 5.75 Å². The second kappa shape index (κ2) is 13.2. The number of methoxy groups -OCH3 is 4. The Morgan fingerprint density at radius 1 is 0.750 bits per heavy atom. The fraction of sp³-hybridized carbons (Fsp3) is 0.179. The predicted molar refractivity (Wildman–Crippen MR) is 184 cm³/mol. The van der Waals surface area contributed by atoms with Gasteiger partial charge in [0.15, 0.2) is 11.5 Å². The van der Waals surface area contributed by atoms with Gasteiger partial charge in [-0.1, -0.05) is 60.7 Å².